The van der Waals surface area contributed by atoms with Crippen molar-refractivity contribution < 1.29 is 24.2 Å². The SMILES string of the molecule is O=C(NCc1ccc2c(c1)OCO2)C(=O)NC[C@@H](O)c1ccc(-c2ccsc2)cc1. The molecular formula is C22H20N2O5S. The van der Waals surface area contributed by atoms with Gasteiger partial charge in [0.15, 0.2) is 11.5 Å². The third kappa shape index (κ3) is 4.61. The molecule has 0 bridgehead atoms. The van der Waals surface area contributed by atoms with E-state index in [-0.39, 0.29) is 19.9 Å². The third-order valence-corrected chi connectivity index (χ3v) is 5.39. The molecule has 1 aromatic heterocycles. The Morgan fingerprint density at radius 3 is 2.50 bits per heavy atom. The summed E-state index contributed by atoms with van der Waals surface area (Å²) in [5.41, 5.74) is 3.62. The number of benzene rings is 2. The molecule has 0 saturated carbocycles. The van der Waals surface area contributed by atoms with Crippen molar-refractivity contribution in [3.8, 4) is 22.6 Å². The molecule has 2 aromatic carbocycles. The van der Waals surface area contributed by atoms with Crippen LogP contribution in [0, 0.1) is 0 Å². The molecule has 0 saturated heterocycles. The van der Waals surface area contributed by atoms with Gasteiger partial charge < -0.3 is 25.2 Å². The Hall–Kier alpha value is -3.36. The molecular weight excluding hydrogens is 404 g/mol. The van der Waals surface area contributed by atoms with Crippen molar-refractivity contribution in [2.75, 3.05) is 13.3 Å². The zero-order chi connectivity index (χ0) is 20.9. The molecule has 0 unspecified atom stereocenters. The first-order valence-corrected chi connectivity index (χ1v) is 10.3. The number of hydrogen-bond acceptors (Lipinski definition) is 6. The molecule has 2 heterocycles. The van der Waals surface area contributed by atoms with E-state index in [1.165, 1.54) is 0 Å². The minimum absolute atomic E-state index is 0.0614. The number of ether oxygens (including phenoxy) is 2. The summed E-state index contributed by atoms with van der Waals surface area (Å²) in [6.45, 7) is 0.288. The maximum Gasteiger partial charge on any atom is 0.309 e. The fourth-order valence-electron chi connectivity index (χ4n) is 3.03. The fraction of sp³-hybridized carbons (Fsp3) is 0.182. The number of carbonyl (C=O) groups is 2. The zero-order valence-corrected chi connectivity index (χ0v) is 16.8. The highest BCUT2D eigenvalue weighted by molar-refractivity contribution is 7.08. The first kappa shape index (κ1) is 19.9. The molecule has 1 atom stereocenters. The van der Waals surface area contributed by atoms with Crippen molar-refractivity contribution in [3.63, 3.8) is 0 Å². The van der Waals surface area contributed by atoms with Crippen LogP contribution in [0.4, 0.5) is 0 Å². The summed E-state index contributed by atoms with van der Waals surface area (Å²) < 4.78 is 10.5. The second-order valence-corrected chi connectivity index (χ2v) is 7.51. The topological polar surface area (TPSA) is 96.9 Å². The van der Waals surface area contributed by atoms with Gasteiger partial charge in [0, 0.05) is 13.1 Å². The van der Waals surface area contributed by atoms with Gasteiger partial charge in [-0.1, -0.05) is 30.3 Å². The molecule has 3 aromatic rings. The van der Waals surface area contributed by atoms with E-state index in [4.69, 9.17) is 9.47 Å². The molecule has 154 valence electrons. The summed E-state index contributed by atoms with van der Waals surface area (Å²) in [6.07, 6.45) is -0.910. The monoisotopic (exact) mass is 424 g/mol. The molecule has 2 amide bonds. The summed E-state index contributed by atoms with van der Waals surface area (Å²) in [4.78, 5) is 24.0. The second-order valence-electron chi connectivity index (χ2n) is 6.73. The number of aliphatic hydroxyl groups is 1. The Morgan fingerprint density at radius 1 is 0.967 bits per heavy atom. The van der Waals surface area contributed by atoms with Crippen LogP contribution >= 0.6 is 11.3 Å². The lowest BCUT2D eigenvalue weighted by molar-refractivity contribution is -0.139. The number of rotatable bonds is 6. The van der Waals surface area contributed by atoms with E-state index in [1.54, 1.807) is 29.5 Å². The van der Waals surface area contributed by atoms with Gasteiger partial charge >= 0.3 is 11.8 Å². The van der Waals surface area contributed by atoms with Gasteiger partial charge in [-0.05, 0) is 51.2 Å². The van der Waals surface area contributed by atoms with E-state index < -0.39 is 17.9 Å². The average Bonchev–Trinajstić information content (AvgIpc) is 3.47. The highest BCUT2D eigenvalue weighted by atomic mass is 32.1. The Bertz CT molecular complexity index is 1030. The standard InChI is InChI=1S/C22H20N2O5S/c25-18(16-4-2-15(3-5-16)17-7-8-30-12-17)11-24-22(27)21(26)23-10-14-1-6-19-20(9-14)29-13-28-19/h1-9,12,18,25H,10-11,13H2,(H,23,26)(H,24,27)/t18-/m1/s1. The summed E-state index contributed by atoms with van der Waals surface area (Å²) in [5.74, 6) is -0.308. The van der Waals surface area contributed by atoms with Gasteiger partial charge in [-0.3, -0.25) is 9.59 Å². The van der Waals surface area contributed by atoms with Gasteiger partial charge in [0.25, 0.3) is 0 Å². The normalized spacial score (nSPS) is 13.0. The number of aliphatic hydroxyl groups excluding tert-OH is 1. The second kappa shape index (κ2) is 8.98. The Morgan fingerprint density at radius 2 is 1.73 bits per heavy atom. The molecule has 7 nitrogen and oxygen atoms in total. The van der Waals surface area contributed by atoms with Gasteiger partial charge in [0.1, 0.15) is 0 Å². The Balaban J connectivity index is 1.25. The molecule has 8 heteroatoms. The summed E-state index contributed by atoms with van der Waals surface area (Å²) in [6, 6.07) is 14.8. The van der Waals surface area contributed by atoms with Crippen LogP contribution in [0.15, 0.2) is 59.3 Å². The summed E-state index contributed by atoms with van der Waals surface area (Å²) in [5, 5.41) is 19.4. The van der Waals surface area contributed by atoms with Gasteiger partial charge in [-0.25, -0.2) is 0 Å². The number of thiophene rings is 1. The highest BCUT2D eigenvalue weighted by Crippen LogP contribution is 2.32. The Labute approximate surface area is 177 Å². The zero-order valence-electron chi connectivity index (χ0n) is 16.0. The van der Waals surface area contributed by atoms with Crippen molar-refractivity contribution in [1.82, 2.24) is 10.6 Å². The number of carbonyl (C=O) groups excluding carboxylic acids is 2. The lowest BCUT2D eigenvalue weighted by Crippen LogP contribution is -2.41. The summed E-state index contributed by atoms with van der Waals surface area (Å²) >= 11 is 1.62. The fourth-order valence-corrected chi connectivity index (χ4v) is 3.69. The molecule has 3 N–H and O–H groups in total. The predicted octanol–water partition coefficient (Wildman–Crippen LogP) is 2.61. The van der Waals surface area contributed by atoms with Crippen LogP contribution in [0.3, 0.4) is 0 Å². The van der Waals surface area contributed by atoms with E-state index in [2.05, 4.69) is 10.6 Å². The van der Waals surface area contributed by atoms with Crippen LogP contribution in [0.5, 0.6) is 11.5 Å². The average molecular weight is 424 g/mol. The van der Waals surface area contributed by atoms with E-state index >= 15 is 0 Å². The van der Waals surface area contributed by atoms with E-state index in [9.17, 15) is 14.7 Å². The minimum atomic E-state index is -0.910. The third-order valence-electron chi connectivity index (χ3n) is 4.70. The molecule has 0 aliphatic carbocycles. The molecule has 0 radical (unpaired) electrons. The maximum absolute atomic E-state index is 12.0. The van der Waals surface area contributed by atoms with Crippen molar-refractivity contribution in [2.45, 2.75) is 12.6 Å². The largest absolute Gasteiger partial charge is 0.454 e. The smallest absolute Gasteiger partial charge is 0.309 e. The van der Waals surface area contributed by atoms with Gasteiger partial charge in [0.05, 0.1) is 6.10 Å². The van der Waals surface area contributed by atoms with Gasteiger partial charge in [-0.15, -0.1) is 0 Å². The number of amides is 2. The van der Waals surface area contributed by atoms with Crippen molar-refractivity contribution >= 4 is 23.2 Å². The van der Waals surface area contributed by atoms with Crippen LogP contribution in [0.1, 0.15) is 17.2 Å². The van der Waals surface area contributed by atoms with E-state index in [0.29, 0.717) is 17.1 Å². The first-order chi connectivity index (χ1) is 14.6. The Kier molecular flexibility index (Phi) is 5.97. The molecule has 30 heavy (non-hydrogen) atoms. The molecule has 4 rings (SSSR count). The van der Waals surface area contributed by atoms with Crippen molar-refractivity contribution in [1.29, 1.82) is 0 Å². The molecule has 0 fully saturated rings. The maximum atomic E-state index is 12.0. The van der Waals surface area contributed by atoms with E-state index in [1.807, 2.05) is 41.1 Å². The quantitative estimate of drug-likeness (QED) is 0.529. The van der Waals surface area contributed by atoms with Crippen molar-refractivity contribution in [2.24, 2.45) is 0 Å². The molecule has 1 aliphatic rings. The van der Waals surface area contributed by atoms with Crippen LogP contribution in [0.2, 0.25) is 0 Å². The lowest BCUT2D eigenvalue weighted by atomic mass is 10.0. The number of fused-ring (bicyclic) bond motifs is 1. The van der Waals surface area contributed by atoms with Crippen LogP contribution < -0.4 is 20.1 Å². The van der Waals surface area contributed by atoms with Crippen molar-refractivity contribution in [3.05, 3.63) is 70.4 Å². The van der Waals surface area contributed by atoms with E-state index in [0.717, 1.165) is 16.7 Å². The summed E-state index contributed by atoms with van der Waals surface area (Å²) in [7, 11) is 0. The van der Waals surface area contributed by atoms with Crippen LogP contribution in [-0.2, 0) is 16.1 Å². The number of hydrogen-bond donors (Lipinski definition) is 3. The van der Waals surface area contributed by atoms with Crippen LogP contribution in [0.25, 0.3) is 11.1 Å². The van der Waals surface area contributed by atoms with Crippen LogP contribution in [-0.4, -0.2) is 30.3 Å². The lowest BCUT2D eigenvalue weighted by Gasteiger charge is -2.13. The number of nitrogens with one attached hydrogen (secondary N) is 2. The minimum Gasteiger partial charge on any atom is -0.454 e. The molecule has 0 spiro atoms. The molecule has 1 aliphatic heterocycles. The first-order valence-electron chi connectivity index (χ1n) is 9.35. The van der Waals surface area contributed by atoms with Gasteiger partial charge in [0.2, 0.25) is 6.79 Å². The predicted molar refractivity (Wildman–Crippen MR) is 112 cm³/mol. The highest BCUT2D eigenvalue weighted by Gasteiger charge is 2.17. The van der Waals surface area contributed by atoms with Gasteiger partial charge in [-0.2, -0.15) is 11.3 Å².